The molecule has 0 spiro atoms. The molecule has 6 unspecified atom stereocenters. The highest BCUT2D eigenvalue weighted by Gasteiger charge is 2.44. The number of methoxy groups -OCH3 is 1. The van der Waals surface area contributed by atoms with Crippen LogP contribution in [0.2, 0.25) is 0 Å². The molecule has 3 aromatic rings. The Hall–Kier alpha value is -3.21. The summed E-state index contributed by atoms with van der Waals surface area (Å²) in [5, 5.41) is 17.2. The van der Waals surface area contributed by atoms with E-state index in [1.165, 1.54) is 12.1 Å². The predicted molar refractivity (Wildman–Crippen MR) is 143 cm³/mol. The molecule has 38 heavy (non-hydrogen) atoms. The lowest BCUT2D eigenvalue weighted by molar-refractivity contribution is -0.00888. The molecule has 1 aromatic carbocycles. The van der Waals surface area contributed by atoms with Gasteiger partial charge >= 0.3 is 0 Å². The molecule has 1 saturated carbocycles. The molecule has 0 amide bonds. The smallest absolute Gasteiger partial charge is 0.225 e. The molecular weight excluding hydrogens is 490 g/mol. The maximum absolute atomic E-state index is 14.9. The lowest BCUT2D eigenvalue weighted by Crippen LogP contribution is -2.53. The summed E-state index contributed by atoms with van der Waals surface area (Å²) in [5.74, 6) is -0.336. The minimum atomic E-state index is -0.733. The molecule has 3 heterocycles. The van der Waals surface area contributed by atoms with Crippen molar-refractivity contribution in [3.8, 4) is 11.3 Å². The SMILES string of the molecule is COC1C(C)CC(C2C=CN=CC2(C)Nc2ncc3ccc(-c4c(F)cc(CCO)cc4F)nn23)CC1N. The average molecular weight is 525 g/mol. The molecule has 1 aliphatic carbocycles. The minimum absolute atomic E-state index is 0.0315. The Labute approximate surface area is 220 Å². The van der Waals surface area contributed by atoms with Crippen LogP contribution >= 0.6 is 0 Å². The Morgan fingerprint density at radius 3 is 2.68 bits per heavy atom. The second-order valence-electron chi connectivity index (χ2n) is 10.7. The number of halogens is 2. The lowest BCUT2D eigenvalue weighted by atomic mass is 9.66. The Morgan fingerprint density at radius 1 is 1.24 bits per heavy atom. The number of nitrogens with one attached hydrogen (secondary N) is 1. The van der Waals surface area contributed by atoms with Crippen molar-refractivity contribution >= 4 is 17.7 Å². The maximum Gasteiger partial charge on any atom is 0.225 e. The number of ether oxygens (including phenoxy) is 1. The van der Waals surface area contributed by atoms with E-state index in [2.05, 4.69) is 40.3 Å². The van der Waals surface area contributed by atoms with Crippen molar-refractivity contribution in [3.05, 3.63) is 59.9 Å². The van der Waals surface area contributed by atoms with Gasteiger partial charge in [0.15, 0.2) is 0 Å². The number of aromatic nitrogens is 3. The number of anilines is 1. The van der Waals surface area contributed by atoms with Gasteiger partial charge in [-0.15, -0.1) is 0 Å². The first-order valence-electron chi connectivity index (χ1n) is 13.0. The first-order valence-corrected chi connectivity index (χ1v) is 13.0. The summed E-state index contributed by atoms with van der Waals surface area (Å²) >= 11 is 0. The first kappa shape index (κ1) is 26.4. The van der Waals surface area contributed by atoms with E-state index in [9.17, 15) is 8.78 Å². The molecule has 0 radical (unpaired) electrons. The molecule has 0 bridgehead atoms. The second-order valence-corrected chi connectivity index (χ2v) is 10.7. The number of aliphatic imine (C=N–C) groups is 1. The van der Waals surface area contributed by atoms with Gasteiger partial charge in [0.25, 0.3) is 0 Å². The summed E-state index contributed by atoms with van der Waals surface area (Å²) < 4.78 is 37.0. The second kappa shape index (κ2) is 10.5. The molecule has 202 valence electrons. The molecule has 2 aromatic heterocycles. The number of hydrogen-bond donors (Lipinski definition) is 3. The van der Waals surface area contributed by atoms with Crippen LogP contribution in [0.25, 0.3) is 16.8 Å². The van der Waals surface area contributed by atoms with Crippen molar-refractivity contribution in [1.82, 2.24) is 14.6 Å². The van der Waals surface area contributed by atoms with Crippen LogP contribution in [-0.2, 0) is 11.2 Å². The van der Waals surface area contributed by atoms with Crippen LogP contribution in [0.5, 0.6) is 0 Å². The molecule has 0 saturated heterocycles. The van der Waals surface area contributed by atoms with Crippen molar-refractivity contribution in [2.45, 2.75) is 50.8 Å². The summed E-state index contributed by atoms with van der Waals surface area (Å²) in [6, 6.07) is 5.69. The van der Waals surface area contributed by atoms with Crippen molar-refractivity contribution in [1.29, 1.82) is 0 Å². The summed E-state index contributed by atoms with van der Waals surface area (Å²) in [6.07, 6.45) is 9.44. The van der Waals surface area contributed by atoms with Crippen LogP contribution in [-0.4, -0.2) is 57.3 Å². The number of nitrogens with zero attached hydrogens (tertiary/aromatic N) is 4. The van der Waals surface area contributed by atoms with E-state index in [1.54, 1.807) is 30.0 Å². The zero-order valence-corrected chi connectivity index (χ0v) is 21.8. The van der Waals surface area contributed by atoms with Gasteiger partial charge in [0.1, 0.15) is 11.6 Å². The van der Waals surface area contributed by atoms with Crippen molar-refractivity contribution in [3.63, 3.8) is 0 Å². The highest BCUT2D eigenvalue weighted by atomic mass is 19.1. The van der Waals surface area contributed by atoms with Gasteiger partial charge in [-0.2, -0.15) is 9.61 Å². The number of aliphatic hydroxyl groups excluding tert-OH is 1. The predicted octanol–water partition coefficient (Wildman–Crippen LogP) is 3.98. The molecule has 5 rings (SSSR count). The summed E-state index contributed by atoms with van der Waals surface area (Å²) in [7, 11) is 1.71. The van der Waals surface area contributed by atoms with Gasteiger partial charge in [-0.3, -0.25) is 4.99 Å². The minimum Gasteiger partial charge on any atom is -0.396 e. The zero-order chi connectivity index (χ0) is 27.0. The molecule has 10 heteroatoms. The third-order valence-corrected chi connectivity index (χ3v) is 7.95. The van der Waals surface area contributed by atoms with Gasteiger partial charge in [-0.25, -0.2) is 13.8 Å². The average Bonchev–Trinajstić information content (AvgIpc) is 3.25. The summed E-state index contributed by atoms with van der Waals surface area (Å²) in [4.78, 5) is 8.95. The number of aliphatic hydroxyl groups is 1. The number of imidazole rings is 1. The fourth-order valence-corrected chi connectivity index (χ4v) is 6.19. The molecular formula is C28H34F2N6O2. The summed E-state index contributed by atoms with van der Waals surface area (Å²) in [6.45, 7) is 4.05. The third kappa shape index (κ3) is 4.83. The van der Waals surface area contributed by atoms with Gasteiger partial charge in [0.2, 0.25) is 5.95 Å². The Morgan fingerprint density at radius 2 is 2.00 bits per heavy atom. The van der Waals surface area contributed by atoms with E-state index >= 15 is 0 Å². The van der Waals surface area contributed by atoms with Crippen LogP contribution in [0.3, 0.4) is 0 Å². The van der Waals surface area contributed by atoms with Gasteiger partial charge < -0.3 is 20.9 Å². The van der Waals surface area contributed by atoms with Gasteiger partial charge in [-0.1, -0.05) is 13.0 Å². The normalized spacial score (nSPS) is 29.2. The van der Waals surface area contributed by atoms with E-state index in [0.29, 0.717) is 28.9 Å². The largest absolute Gasteiger partial charge is 0.396 e. The molecule has 2 aliphatic rings. The molecule has 4 N–H and O–H groups in total. The van der Waals surface area contributed by atoms with E-state index in [1.807, 2.05) is 12.4 Å². The Balaban J connectivity index is 1.46. The number of rotatable bonds is 7. The Bertz CT molecular complexity index is 1340. The van der Waals surface area contributed by atoms with Crippen molar-refractivity contribution < 1.29 is 18.6 Å². The van der Waals surface area contributed by atoms with Crippen LogP contribution < -0.4 is 11.1 Å². The standard InChI is InChI=1S/C28H34F2N6O2/c1-16-10-18(13-23(31)26(16)38-3)20-6-8-32-15-28(20,2)34-27-33-14-19-4-5-24(35-36(19)27)25-21(29)11-17(7-9-37)12-22(25)30/h4-6,8,11-12,14-16,18,20,23,26,37H,7,9-10,13,31H2,1-3H3,(H,33,34). The fourth-order valence-electron chi connectivity index (χ4n) is 6.19. The van der Waals surface area contributed by atoms with Crippen LogP contribution in [0, 0.1) is 29.4 Å². The van der Waals surface area contributed by atoms with Gasteiger partial charge in [0, 0.05) is 38.1 Å². The van der Waals surface area contributed by atoms with Gasteiger partial charge in [0.05, 0.1) is 34.6 Å². The molecule has 1 fully saturated rings. The maximum atomic E-state index is 14.9. The van der Waals surface area contributed by atoms with Crippen LogP contribution in [0.15, 0.2) is 47.7 Å². The lowest BCUT2D eigenvalue weighted by Gasteiger charge is -2.46. The number of benzene rings is 1. The Kier molecular flexibility index (Phi) is 7.30. The number of nitrogens with two attached hydrogens (primary N) is 1. The molecule has 8 nitrogen and oxygen atoms in total. The monoisotopic (exact) mass is 524 g/mol. The quantitative estimate of drug-likeness (QED) is 0.431. The van der Waals surface area contributed by atoms with Crippen molar-refractivity contribution in [2.75, 3.05) is 19.0 Å². The molecule has 1 aliphatic heterocycles. The molecule has 6 atom stereocenters. The number of hydrogen-bond acceptors (Lipinski definition) is 7. The van der Waals surface area contributed by atoms with E-state index in [4.69, 9.17) is 15.6 Å². The third-order valence-electron chi connectivity index (χ3n) is 7.95. The highest BCUT2D eigenvalue weighted by Crippen LogP contribution is 2.41. The van der Waals surface area contributed by atoms with E-state index in [0.717, 1.165) is 12.8 Å². The topological polar surface area (TPSA) is 110 Å². The fraction of sp³-hybridized carbons (Fsp3) is 0.464. The summed E-state index contributed by atoms with van der Waals surface area (Å²) in [5.41, 5.74) is 6.87. The van der Waals surface area contributed by atoms with Crippen molar-refractivity contribution in [2.24, 2.45) is 28.5 Å². The first-order chi connectivity index (χ1) is 18.2. The zero-order valence-electron chi connectivity index (χ0n) is 21.8. The van der Waals surface area contributed by atoms with E-state index in [-0.39, 0.29) is 42.3 Å². The van der Waals surface area contributed by atoms with E-state index < -0.39 is 17.2 Å². The van der Waals surface area contributed by atoms with Gasteiger partial charge in [-0.05, 0) is 67.9 Å². The highest BCUT2D eigenvalue weighted by molar-refractivity contribution is 5.77. The van der Waals surface area contributed by atoms with Crippen LogP contribution in [0.1, 0.15) is 32.3 Å². The number of fused-ring (bicyclic) bond motifs is 1. The van der Waals surface area contributed by atoms with Crippen LogP contribution in [0.4, 0.5) is 14.7 Å².